The molecule has 2 amide bonds. The Labute approximate surface area is 254 Å². The third kappa shape index (κ3) is 6.69. The molecule has 1 fully saturated rings. The van der Waals surface area contributed by atoms with Crippen LogP contribution < -0.4 is 10.2 Å². The van der Waals surface area contributed by atoms with Gasteiger partial charge in [0.25, 0.3) is 5.91 Å². The van der Waals surface area contributed by atoms with Gasteiger partial charge in [0.2, 0.25) is 5.91 Å². The summed E-state index contributed by atoms with van der Waals surface area (Å²) in [5.74, 6) is -0.603. The highest BCUT2D eigenvalue weighted by atomic mass is 35.5. The molecule has 0 saturated carbocycles. The number of nitrogens with zero attached hydrogens (tertiary/aromatic N) is 5. The SMILES string of the molecule is O=C(Nc1ccc(N2CCOCC2)cc1)C(c1ccccc1)N(Cc1ccc(Cl)cc1)C(=O)Cn1nnc2ccccc21. The van der Waals surface area contributed by atoms with Crippen LogP contribution in [0.5, 0.6) is 0 Å². The quantitative estimate of drug-likeness (QED) is 0.248. The molecule has 0 bridgehead atoms. The minimum absolute atomic E-state index is 0.0844. The molecule has 218 valence electrons. The van der Waals surface area contributed by atoms with Crippen LogP contribution in [0.15, 0.2) is 103 Å². The van der Waals surface area contributed by atoms with Gasteiger partial charge in [0.05, 0.1) is 18.7 Å². The van der Waals surface area contributed by atoms with Crippen LogP contribution in [0.3, 0.4) is 0 Å². The van der Waals surface area contributed by atoms with Crippen LogP contribution >= 0.6 is 11.6 Å². The second-order valence-corrected chi connectivity index (χ2v) is 10.8. The summed E-state index contributed by atoms with van der Waals surface area (Å²) in [6.07, 6.45) is 0. The van der Waals surface area contributed by atoms with Crippen molar-refractivity contribution in [1.29, 1.82) is 0 Å². The summed E-state index contributed by atoms with van der Waals surface area (Å²) >= 11 is 6.15. The molecule has 0 aliphatic carbocycles. The van der Waals surface area contributed by atoms with Crippen LogP contribution in [-0.2, 0) is 27.4 Å². The first-order valence-electron chi connectivity index (χ1n) is 14.2. The van der Waals surface area contributed by atoms with Gasteiger partial charge in [0.15, 0.2) is 0 Å². The molecule has 10 heteroatoms. The molecular weight excluding hydrogens is 564 g/mol. The molecule has 1 atom stereocenters. The predicted molar refractivity (Wildman–Crippen MR) is 167 cm³/mol. The first-order valence-corrected chi connectivity index (χ1v) is 14.5. The van der Waals surface area contributed by atoms with E-state index in [0.717, 1.165) is 29.9 Å². The average molecular weight is 595 g/mol. The van der Waals surface area contributed by atoms with E-state index in [2.05, 4.69) is 20.5 Å². The summed E-state index contributed by atoms with van der Waals surface area (Å²) in [4.78, 5) is 32.1. The van der Waals surface area contributed by atoms with Crippen LogP contribution in [0.2, 0.25) is 5.02 Å². The number of morpholine rings is 1. The van der Waals surface area contributed by atoms with E-state index in [4.69, 9.17) is 16.3 Å². The van der Waals surface area contributed by atoms with Gasteiger partial charge in [-0.1, -0.05) is 71.4 Å². The summed E-state index contributed by atoms with van der Waals surface area (Å²) < 4.78 is 7.03. The molecule has 5 aromatic rings. The van der Waals surface area contributed by atoms with E-state index in [0.29, 0.717) is 35.0 Å². The van der Waals surface area contributed by atoms with E-state index in [-0.39, 0.29) is 24.9 Å². The van der Waals surface area contributed by atoms with Crippen LogP contribution in [0.1, 0.15) is 17.2 Å². The highest BCUT2D eigenvalue weighted by molar-refractivity contribution is 6.30. The minimum Gasteiger partial charge on any atom is -0.378 e. The van der Waals surface area contributed by atoms with Gasteiger partial charge < -0.3 is 19.9 Å². The third-order valence-corrected chi connectivity index (χ3v) is 7.73. The average Bonchev–Trinajstić information content (AvgIpc) is 3.45. The van der Waals surface area contributed by atoms with Crippen molar-refractivity contribution in [2.75, 3.05) is 36.5 Å². The van der Waals surface area contributed by atoms with E-state index in [1.807, 2.05) is 91.0 Å². The van der Waals surface area contributed by atoms with Gasteiger partial charge in [-0.15, -0.1) is 5.10 Å². The maximum absolute atomic E-state index is 14.1. The van der Waals surface area contributed by atoms with E-state index >= 15 is 0 Å². The molecule has 43 heavy (non-hydrogen) atoms. The molecule has 9 nitrogen and oxygen atoms in total. The Morgan fingerprint density at radius 3 is 2.33 bits per heavy atom. The smallest absolute Gasteiger partial charge is 0.251 e. The number of rotatable bonds is 9. The minimum atomic E-state index is -0.918. The van der Waals surface area contributed by atoms with Crippen LogP contribution in [0.25, 0.3) is 11.0 Å². The van der Waals surface area contributed by atoms with Crippen molar-refractivity contribution in [3.05, 3.63) is 119 Å². The van der Waals surface area contributed by atoms with Gasteiger partial charge in [-0.05, 0) is 59.7 Å². The molecule has 1 saturated heterocycles. The maximum atomic E-state index is 14.1. The lowest BCUT2D eigenvalue weighted by molar-refractivity contribution is -0.140. The number of benzene rings is 4. The second kappa shape index (κ2) is 13.1. The molecular formula is C33H31ClN6O3. The van der Waals surface area contributed by atoms with Crippen molar-refractivity contribution in [1.82, 2.24) is 19.9 Å². The lowest BCUT2D eigenvalue weighted by Gasteiger charge is -2.32. The summed E-state index contributed by atoms with van der Waals surface area (Å²) in [6.45, 7) is 3.14. The number of ether oxygens (including phenoxy) is 1. The highest BCUT2D eigenvalue weighted by Gasteiger charge is 2.32. The first kappa shape index (κ1) is 28.4. The lowest BCUT2D eigenvalue weighted by atomic mass is 10.0. The van der Waals surface area contributed by atoms with Crippen molar-refractivity contribution >= 4 is 45.8 Å². The fourth-order valence-electron chi connectivity index (χ4n) is 5.26. The van der Waals surface area contributed by atoms with E-state index in [9.17, 15) is 9.59 Å². The number of nitrogens with one attached hydrogen (secondary N) is 1. The monoisotopic (exact) mass is 594 g/mol. The predicted octanol–water partition coefficient (Wildman–Crippen LogP) is 5.33. The molecule has 2 heterocycles. The number of carbonyl (C=O) groups is 2. The summed E-state index contributed by atoms with van der Waals surface area (Å²) in [5, 5.41) is 12.1. The standard InChI is InChI=1S/C33H31ClN6O3/c34-26-12-10-24(11-13-26)22-39(31(41)23-40-30-9-5-4-8-29(30)36-37-40)32(25-6-2-1-3-7-25)33(42)35-27-14-16-28(17-15-27)38-18-20-43-21-19-38/h1-17,32H,18-23H2,(H,35,42). The van der Waals surface area contributed by atoms with Gasteiger partial charge in [-0.3, -0.25) is 9.59 Å². The Bertz CT molecular complexity index is 1690. The van der Waals surface area contributed by atoms with Crippen LogP contribution in [0, 0.1) is 0 Å². The zero-order valence-corrected chi connectivity index (χ0v) is 24.2. The Morgan fingerprint density at radius 2 is 1.58 bits per heavy atom. The van der Waals surface area contributed by atoms with Gasteiger partial charge in [-0.2, -0.15) is 0 Å². The second-order valence-electron chi connectivity index (χ2n) is 10.3. The van der Waals surface area contributed by atoms with Gasteiger partial charge in [0.1, 0.15) is 18.1 Å². The molecule has 0 radical (unpaired) electrons. The molecule has 4 aromatic carbocycles. The summed E-state index contributed by atoms with van der Waals surface area (Å²) in [6, 6.07) is 30.9. The van der Waals surface area contributed by atoms with Gasteiger partial charge in [0, 0.05) is 36.0 Å². The Hall–Kier alpha value is -4.73. The van der Waals surface area contributed by atoms with Crippen molar-refractivity contribution in [2.24, 2.45) is 0 Å². The van der Waals surface area contributed by atoms with Crippen LogP contribution in [-0.4, -0.2) is 58.0 Å². The normalized spacial score (nSPS) is 13.9. The van der Waals surface area contributed by atoms with Gasteiger partial charge >= 0.3 is 0 Å². The third-order valence-electron chi connectivity index (χ3n) is 7.48. The number of halogens is 1. The van der Waals surface area contributed by atoms with E-state index in [1.165, 1.54) is 0 Å². The first-order chi connectivity index (χ1) is 21.0. The lowest BCUT2D eigenvalue weighted by Crippen LogP contribution is -2.42. The molecule has 6 rings (SSSR count). The molecule has 1 aromatic heterocycles. The maximum Gasteiger partial charge on any atom is 0.251 e. The topological polar surface area (TPSA) is 92.6 Å². The fourth-order valence-corrected chi connectivity index (χ4v) is 5.38. The number of hydrogen-bond acceptors (Lipinski definition) is 6. The Kier molecular flexibility index (Phi) is 8.62. The van der Waals surface area contributed by atoms with Crippen molar-refractivity contribution < 1.29 is 14.3 Å². The Balaban J connectivity index is 1.31. The van der Waals surface area contributed by atoms with E-state index in [1.54, 1.807) is 21.7 Å². The van der Waals surface area contributed by atoms with Crippen molar-refractivity contribution in [2.45, 2.75) is 19.1 Å². The van der Waals surface area contributed by atoms with Crippen molar-refractivity contribution in [3.8, 4) is 0 Å². The molecule has 1 unspecified atom stereocenters. The number of hydrogen-bond donors (Lipinski definition) is 1. The number of aromatic nitrogens is 3. The molecule has 1 N–H and O–H groups in total. The number of para-hydroxylation sites is 1. The van der Waals surface area contributed by atoms with Crippen LogP contribution in [0.4, 0.5) is 11.4 Å². The highest BCUT2D eigenvalue weighted by Crippen LogP contribution is 2.27. The summed E-state index contributed by atoms with van der Waals surface area (Å²) in [7, 11) is 0. The number of anilines is 2. The Morgan fingerprint density at radius 1 is 0.884 bits per heavy atom. The largest absolute Gasteiger partial charge is 0.378 e. The number of carbonyl (C=O) groups excluding carboxylic acids is 2. The zero-order valence-electron chi connectivity index (χ0n) is 23.5. The zero-order chi connectivity index (χ0) is 29.6. The van der Waals surface area contributed by atoms with Gasteiger partial charge in [-0.25, -0.2) is 4.68 Å². The fraction of sp³-hybridized carbons (Fsp3) is 0.212. The summed E-state index contributed by atoms with van der Waals surface area (Å²) in [5.41, 5.74) is 4.67. The molecule has 1 aliphatic heterocycles. The van der Waals surface area contributed by atoms with E-state index < -0.39 is 6.04 Å². The van der Waals surface area contributed by atoms with Crippen molar-refractivity contribution in [3.63, 3.8) is 0 Å². The number of fused-ring (bicyclic) bond motifs is 1. The number of amides is 2. The molecule has 1 aliphatic rings. The molecule has 0 spiro atoms.